The minimum atomic E-state index is -1.14. The molecular weight excluding hydrogens is 377 g/mol. The molecule has 0 radical (unpaired) electrons. The number of alkyl halides is 1. The number of fused-ring (bicyclic) bond motifs is 4. The molecule has 5 heteroatoms. The lowest BCUT2D eigenvalue weighted by atomic mass is 9.96. The van der Waals surface area contributed by atoms with E-state index in [-0.39, 0.29) is 0 Å². The molecule has 2 N–H and O–H groups in total. The van der Waals surface area contributed by atoms with Crippen molar-refractivity contribution >= 4 is 28.1 Å². The SMILES string of the molecule is CC1Cc2c([nH]c3ccccc23)CN1CC(C)(C)F.O=Cc1ccc2[nH]ccc2c1. The molecule has 2 aromatic carbocycles. The minimum absolute atomic E-state index is 0.390. The number of aldehydes is 1. The molecule has 1 unspecified atom stereocenters. The molecule has 1 atom stereocenters. The summed E-state index contributed by atoms with van der Waals surface area (Å²) >= 11 is 0. The predicted molar refractivity (Wildman–Crippen MR) is 121 cm³/mol. The summed E-state index contributed by atoms with van der Waals surface area (Å²) in [6, 6.07) is 16.3. The topological polar surface area (TPSA) is 51.9 Å². The van der Waals surface area contributed by atoms with E-state index in [0.29, 0.717) is 12.6 Å². The van der Waals surface area contributed by atoms with Gasteiger partial charge in [0.05, 0.1) is 0 Å². The standard InChI is InChI=1S/C16H21FN2.C9H7NO/c1-11-8-13-12-6-4-5-7-14(12)18-15(13)9-19(11)10-16(2,3)17;11-6-7-1-2-9-8(5-7)3-4-10-9/h4-7,11,18H,8-10H2,1-3H3;1-6,10H. The zero-order valence-corrected chi connectivity index (χ0v) is 17.7. The molecule has 3 heterocycles. The summed E-state index contributed by atoms with van der Waals surface area (Å²) in [7, 11) is 0. The lowest BCUT2D eigenvalue weighted by Gasteiger charge is -2.36. The highest BCUT2D eigenvalue weighted by Gasteiger charge is 2.30. The number of carbonyl (C=O) groups excluding carboxylic acids is 1. The molecule has 0 bridgehead atoms. The van der Waals surface area contributed by atoms with E-state index in [2.05, 4.69) is 46.1 Å². The Morgan fingerprint density at radius 2 is 1.97 bits per heavy atom. The van der Waals surface area contributed by atoms with Gasteiger partial charge in [-0.1, -0.05) is 18.2 Å². The number of para-hydroxylation sites is 1. The Morgan fingerprint density at radius 1 is 1.17 bits per heavy atom. The van der Waals surface area contributed by atoms with E-state index in [1.807, 2.05) is 24.4 Å². The molecule has 0 fully saturated rings. The molecule has 1 aliphatic heterocycles. The molecule has 30 heavy (non-hydrogen) atoms. The van der Waals surface area contributed by atoms with Gasteiger partial charge >= 0.3 is 0 Å². The zero-order chi connectivity index (χ0) is 21.3. The van der Waals surface area contributed by atoms with Crippen LogP contribution in [0.1, 0.15) is 42.4 Å². The van der Waals surface area contributed by atoms with Crippen LogP contribution in [-0.2, 0) is 13.0 Å². The first-order valence-electron chi connectivity index (χ1n) is 10.4. The second kappa shape index (κ2) is 8.07. The van der Waals surface area contributed by atoms with Crippen LogP contribution >= 0.6 is 0 Å². The number of aromatic nitrogens is 2. The number of aromatic amines is 2. The molecule has 1 aliphatic rings. The van der Waals surface area contributed by atoms with Crippen LogP contribution < -0.4 is 0 Å². The first-order chi connectivity index (χ1) is 14.3. The summed E-state index contributed by atoms with van der Waals surface area (Å²) in [5.41, 5.74) is 4.51. The van der Waals surface area contributed by atoms with Crippen molar-refractivity contribution in [2.24, 2.45) is 0 Å². The summed E-state index contributed by atoms with van der Waals surface area (Å²) in [4.78, 5) is 19.1. The fraction of sp³-hybridized carbons (Fsp3) is 0.320. The highest BCUT2D eigenvalue weighted by Crippen LogP contribution is 2.31. The number of hydrogen-bond donors (Lipinski definition) is 2. The van der Waals surface area contributed by atoms with E-state index in [9.17, 15) is 9.18 Å². The Balaban J connectivity index is 0.000000168. The summed E-state index contributed by atoms with van der Waals surface area (Å²) in [6.45, 7) is 6.80. The molecule has 2 aromatic heterocycles. The number of H-pyrrole nitrogens is 2. The monoisotopic (exact) mass is 405 g/mol. The van der Waals surface area contributed by atoms with E-state index in [0.717, 1.165) is 35.7 Å². The molecule has 156 valence electrons. The molecule has 0 amide bonds. The first-order valence-corrected chi connectivity index (χ1v) is 10.4. The third kappa shape index (κ3) is 4.31. The van der Waals surface area contributed by atoms with Crippen molar-refractivity contribution in [3.63, 3.8) is 0 Å². The van der Waals surface area contributed by atoms with Crippen molar-refractivity contribution in [3.05, 3.63) is 71.5 Å². The lowest BCUT2D eigenvalue weighted by Crippen LogP contribution is -2.44. The summed E-state index contributed by atoms with van der Waals surface area (Å²) in [5, 5.41) is 2.40. The number of rotatable bonds is 3. The smallest absolute Gasteiger partial charge is 0.150 e. The fourth-order valence-corrected chi connectivity index (χ4v) is 4.25. The highest BCUT2D eigenvalue weighted by molar-refractivity contribution is 5.87. The Bertz CT molecular complexity index is 1170. The maximum Gasteiger partial charge on any atom is 0.150 e. The van der Waals surface area contributed by atoms with Gasteiger partial charge in [-0.15, -0.1) is 0 Å². The van der Waals surface area contributed by atoms with Crippen LogP contribution in [0, 0.1) is 0 Å². The first kappa shape index (κ1) is 20.4. The number of nitrogens with zero attached hydrogens (tertiary/aromatic N) is 1. The van der Waals surface area contributed by atoms with Gasteiger partial charge in [-0.05, 0) is 63.1 Å². The van der Waals surface area contributed by atoms with Gasteiger partial charge in [-0.3, -0.25) is 9.69 Å². The van der Waals surface area contributed by atoms with Gasteiger partial charge in [-0.25, -0.2) is 4.39 Å². The quantitative estimate of drug-likeness (QED) is 0.433. The van der Waals surface area contributed by atoms with Crippen LogP contribution in [-0.4, -0.2) is 39.4 Å². The maximum absolute atomic E-state index is 13.9. The van der Waals surface area contributed by atoms with Gasteiger partial charge in [0.25, 0.3) is 0 Å². The van der Waals surface area contributed by atoms with Gasteiger partial charge in [0, 0.05) is 58.4 Å². The van der Waals surface area contributed by atoms with Crippen molar-refractivity contribution in [1.29, 1.82) is 0 Å². The Morgan fingerprint density at radius 3 is 2.73 bits per heavy atom. The van der Waals surface area contributed by atoms with Crippen molar-refractivity contribution in [3.8, 4) is 0 Å². The Hall–Kier alpha value is -2.92. The van der Waals surface area contributed by atoms with E-state index in [1.165, 1.54) is 22.2 Å². The molecule has 5 rings (SSSR count). The Kier molecular flexibility index (Phi) is 5.48. The molecule has 4 nitrogen and oxygen atoms in total. The lowest BCUT2D eigenvalue weighted by molar-refractivity contribution is 0.0853. The number of benzene rings is 2. The van der Waals surface area contributed by atoms with E-state index >= 15 is 0 Å². The van der Waals surface area contributed by atoms with E-state index in [4.69, 9.17) is 0 Å². The molecule has 0 aliphatic carbocycles. The molecular formula is C25H28FN3O. The normalized spacial score (nSPS) is 16.9. The van der Waals surface area contributed by atoms with Gasteiger partial charge in [-0.2, -0.15) is 0 Å². The summed E-state index contributed by atoms with van der Waals surface area (Å²) in [6.07, 6.45) is 3.71. The van der Waals surface area contributed by atoms with Crippen LogP contribution in [0.5, 0.6) is 0 Å². The fourth-order valence-electron chi connectivity index (χ4n) is 4.25. The zero-order valence-electron chi connectivity index (χ0n) is 17.7. The van der Waals surface area contributed by atoms with Gasteiger partial charge in [0.1, 0.15) is 12.0 Å². The van der Waals surface area contributed by atoms with Crippen LogP contribution in [0.15, 0.2) is 54.7 Å². The average Bonchev–Trinajstić information content (AvgIpc) is 3.31. The van der Waals surface area contributed by atoms with Crippen LogP contribution in [0.2, 0.25) is 0 Å². The number of nitrogens with one attached hydrogen (secondary N) is 2. The van der Waals surface area contributed by atoms with Crippen molar-refractivity contribution in [2.75, 3.05) is 6.54 Å². The second-order valence-electron chi connectivity index (χ2n) is 8.75. The Labute approximate surface area is 176 Å². The molecule has 0 saturated heterocycles. The van der Waals surface area contributed by atoms with Gasteiger partial charge in [0.15, 0.2) is 0 Å². The van der Waals surface area contributed by atoms with Crippen LogP contribution in [0.3, 0.4) is 0 Å². The molecule has 0 spiro atoms. The van der Waals surface area contributed by atoms with Crippen molar-refractivity contribution < 1.29 is 9.18 Å². The van der Waals surface area contributed by atoms with E-state index < -0.39 is 5.67 Å². The van der Waals surface area contributed by atoms with Crippen molar-refractivity contribution in [1.82, 2.24) is 14.9 Å². The van der Waals surface area contributed by atoms with E-state index in [1.54, 1.807) is 19.9 Å². The number of halogens is 1. The number of carbonyl (C=O) groups is 1. The minimum Gasteiger partial charge on any atom is -0.361 e. The largest absolute Gasteiger partial charge is 0.361 e. The van der Waals surface area contributed by atoms with Gasteiger partial charge < -0.3 is 9.97 Å². The maximum atomic E-state index is 13.9. The van der Waals surface area contributed by atoms with Crippen LogP contribution in [0.25, 0.3) is 21.8 Å². The summed E-state index contributed by atoms with van der Waals surface area (Å²) in [5.74, 6) is 0. The van der Waals surface area contributed by atoms with Crippen molar-refractivity contribution in [2.45, 2.75) is 45.4 Å². The second-order valence-corrected chi connectivity index (χ2v) is 8.75. The third-order valence-electron chi connectivity index (χ3n) is 5.68. The van der Waals surface area contributed by atoms with Gasteiger partial charge in [0.2, 0.25) is 0 Å². The van der Waals surface area contributed by atoms with Crippen LogP contribution in [0.4, 0.5) is 4.39 Å². The molecule has 4 aromatic rings. The average molecular weight is 406 g/mol. The highest BCUT2D eigenvalue weighted by atomic mass is 19.1. The number of hydrogen-bond acceptors (Lipinski definition) is 2. The third-order valence-corrected chi connectivity index (χ3v) is 5.68. The predicted octanol–water partition coefficient (Wildman–Crippen LogP) is 5.64. The summed E-state index contributed by atoms with van der Waals surface area (Å²) < 4.78 is 13.9. The molecule has 0 saturated carbocycles.